The molecule has 0 heterocycles. The van der Waals surface area contributed by atoms with Gasteiger partial charge >= 0.3 is 0 Å². The molecule has 1 nitrogen and oxygen atoms in total. The smallest absolute Gasteiger partial charge is 0.00460 e. The maximum atomic E-state index is 3.81. The molecule has 0 saturated heterocycles. The Balaban J connectivity index is 2.62. The van der Waals surface area contributed by atoms with Gasteiger partial charge in [-0.25, -0.2) is 0 Å². The molecule has 1 aromatic carbocycles. The van der Waals surface area contributed by atoms with Gasteiger partial charge in [0, 0.05) is 0 Å². The third-order valence-corrected chi connectivity index (χ3v) is 2.46. The normalized spacial score (nSPS) is 12.4. The lowest BCUT2D eigenvalue weighted by molar-refractivity contribution is 0.602. The fraction of sp³-hybridized carbons (Fsp3) is 0.385. The van der Waals surface area contributed by atoms with Crippen LogP contribution in [0.1, 0.15) is 24.3 Å². The van der Waals surface area contributed by atoms with Crippen molar-refractivity contribution >= 4 is 0 Å². The van der Waals surface area contributed by atoms with Crippen LogP contribution in [0.25, 0.3) is 0 Å². The van der Waals surface area contributed by atoms with Crippen LogP contribution in [-0.2, 0) is 0 Å². The van der Waals surface area contributed by atoms with Gasteiger partial charge in [-0.3, -0.25) is 0 Å². The van der Waals surface area contributed by atoms with Crippen LogP contribution < -0.4 is 5.32 Å². The lowest BCUT2D eigenvalue weighted by atomic mass is 9.92. The van der Waals surface area contributed by atoms with Gasteiger partial charge in [-0.2, -0.15) is 0 Å². The van der Waals surface area contributed by atoms with Crippen molar-refractivity contribution in [2.45, 2.75) is 18.8 Å². The van der Waals surface area contributed by atoms with Crippen LogP contribution >= 0.6 is 0 Å². The van der Waals surface area contributed by atoms with Gasteiger partial charge in [0.15, 0.2) is 0 Å². The molecule has 0 aliphatic heterocycles. The maximum absolute atomic E-state index is 3.81. The van der Waals surface area contributed by atoms with Crippen LogP contribution in [0.5, 0.6) is 0 Å². The number of benzene rings is 1. The van der Waals surface area contributed by atoms with Crippen molar-refractivity contribution in [1.29, 1.82) is 0 Å². The third kappa shape index (κ3) is 3.35. The zero-order valence-electron chi connectivity index (χ0n) is 8.87. The summed E-state index contributed by atoms with van der Waals surface area (Å²) in [7, 11) is 2.00. The summed E-state index contributed by atoms with van der Waals surface area (Å²) in [6.07, 6.45) is 4.24. The van der Waals surface area contributed by atoms with E-state index in [0.29, 0.717) is 5.92 Å². The summed E-state index contributed by atoms with van der Waals surface area (Å²) in [5, 5.41) is 3.19. The van der Waals surface area contributed by atoms with Gasteiger partial charge in [0.1, 0.15) is 0 Å². The standard InChI is InChI=1S/C13H19N/c1-3-7-12(10-11-14-2)13-8-5-4-6-9-13/h3-6,8-9,12,14H,1,7,10-11H2,2H3. The molecule has 0 aliphatic rings. The Kier molecular flexibility index (Phi) is 5.02. The predicted octanol–water partition coefficient (Wildman–Crippen LogP) is 2.96. The molecule has 1 atom stereocenters. The van der Waals surface area contributed by atoms with Crippen molar-refractivity contribution < 1.29 is 0 Å². The lowest BCUT2D eigenvalue weighted by Crippen LogP contribution is -2.11. The Bertz CT molecular complexity index is 253. The molecule has 0 aromatic heterocycles. The average Bonchev–Trinajstić information content (AvgIpc) is 2.25. The number of hydrogen-bond acceptors (Lipinski definition) is 1. The first kappa shape index (κ1) is 11.0. The molecule has 1 N–H and O–H groups in total. The van der Waals surface area contributed by atoms with Gasteiger partial charge in [0.25, 0.3) is 0 Å². The highest BCUT2D eigenvalue weighted by Crippen LogP contribution is 2.22. The SMILES string of the molecule is C=CCC(CCNC)c1ccccc1. The number of allylic oxidation sites excluding steroid dienone is 1. The molecule has 76 valence electrons. The van der Waals surface area contributed by atoms with E-state index in [1.807, 2.05) is 13.1 Å². The van der Waals surface area contributed by atoms with E-state index in [1.54, 1.807) is 0 Å². The zero-order valence-corrected chi connectivity index (χ0v) is 8.87. The fourth-order valence-electron chi connectivity index (χ4n) is 1.67. The van der Waals surface area contributed by atoms with Gasteiger partial charge in [0.2, 0.25) is 0 Å². The summed E-state index contributed by atoms with van der Waals surface area (Å²) in [5.41, 5.74) is 1.42. The second-order valence-corrected chi connectivity index (χ2v) is 3.52. The van der Waals surface area contributed by atoms with Gasteiger partial charge < -0.3 is 5.32 Å². The summed E-state index contributed by atoms with van der Waals surface area (Å²) < 4.78 is 0. The second kappa shape index (κ2) is 6.39. The minimum absolute atomic E-state index is 0.612. The Hall–Kier alpha value is -1.08. The largest absolute Gasteiger partial charge is 0.320 e. The molecule has 0 saturated carbocycles. The van der Waals surface area contributed by atoms with Gasteiger partial charge in [-0.15, -0.1) is 6.58 Å². The molecular weight excluding hydrogens is 170 g/mol. The molecule has 1 unspecified atom stereocenters. The molecule has 0 spiro atoms. The first-order valence-corrected chi connectivity index (χ1v) is 5.19. The Morgan fingerprint density at radius 3 is 2.64 bits per heavy atom. The van der Waals surface area contributed by atoms with Crippen molar-refractivity contribution in [3.8, 4) is 0 Å². The van der Waals surface area contributed by atoms with Crippen LogP contribution in [0.3, 0.4) is 0 Å². The minimum Gasteiger partial charge on any atom is -0.320 e. The first-order valence-electron chi connectivity index (χ1n) is 5.19. The van der Waals surface area contributed by atoms with E-state index in [1.165, 1.54) is 12.0 Å². The van der Waals surface area contributed by atoms with Crippen LogP contribution in [-0.4, -0.2) is 13.6 Å². The number of hydrogen-bond donors (Lipinski definition) is 1. The lowest BCUT2D eigenvalue weighted by Gasteiger charge is -2.14. The Labute approximate surface area is 86.8 Å². The topological polar surface area (TPSA) is 12.0 Å². The summed E-state index contributed by atoms with van der Waals surface area (Å²) in [4.78, 5) is 0. The fourth-order valence-corrected chi connectivity index (χ4v) is 1.67. The molecule has 14 heavy (non-hydrogen) atoms. The molecule has 1 heteroatoms. The zero-order chi connectivity index (χ0) is 10.2. The van der Waals surface area contributed by atoms with Crippen molar-refractivity contribution in [3.05, 3.63) is 48.6 Å². The van der Waals surface area contributed by atoms with Crippen molar-refractivity contribution in [1.82, 2.24) is 5.32 Å². The van der Waals surface area contributed by atoms with E-state index in [9.17, 15) is 0 Å². The van der Waals surface area contributed by atoms with E-state index in [0.717, 1.165) is 13.0 Å². The molecule has 1 rings (SSSR count). The van der Waals surface area contributed by atoms with Crippen molar-refractivity contribution in [2.24, 2.45) is 0 Å². The molecular formula is C13H19N. The minimum atomic E-state index is 0.612. The van der Waals surface area contributed by atoms with Gasteiger partial charge in [-0.05, 0) is 37.9 Å². The predicted molar refractivity (Wildman–Crippen MR) is 62.5 cm³/mol. The monoisotopic (exact) mass is 189 g/mol. The van der Waals surface area contributed by atoms with Gasteiger partial charge in [0.05, 0.1) is 0 Å². The molecule has 0 aliphatic carbocycles. The van der Waals surface area contributed by atoms with Crippen molar-refractivity contribution in [3.63, 3.8) is 0 Å². The molecule has 0 radical (unpaired) electrons. The quantitative estimate of drug-likeness (QED) is 0.678. The maximum Gasteiger partial charge on any atom is -0.00460 e. The summed E-state index contributed by atoms with van der Waals surface area (Å²) in [6.45, 7) is 4.88. The van der Waals surface area contributed by atoms with Crippen LogP contribution in [0.4, 0.5) is 0 Å². The van der Waals surface area contributed by atoms with Gasteiger partial charge in [-0.1, -0.05) is 36.4 Å². The Morgan fingerprint density at radius 1 is 1.36 bits per heavy atom. The summed E-state index contributed by atoms with van der Waals surface area (Å²) in [5.74, 6) is 0.612. The first-order chi connectivity index (χ1) is 6.88. The van der Waals surface area contributed by atoms with Crippen LogP contribution in [0.2, 0.25) is 0 Å². The van der Waals surface area contributed by atoms with E-state index in [-0.39, 0.29) is 0 Å². The van der Waals surface area contributed by atoms with Crippen LogP contribution in [0, 0.1) is 0 Å². The summed E-state index contributed by atoms with van der Waals surface area (Å²) in [6, 6.07) is 10.7. The van der Waals surface area contributed by atoms with Crippen molar-refractivity contribution in [2.75, 3.05) is 13.6 Å². The molecule has 0 amide bonds. The second-order valence-electron chi connectivity index (χ2n) is 3.52. The highest BCUT2D eigenvalue weighted by molar-refractivity contribution is 5.20. The highest BCUT2D eigenvalue weighted by atomic mass is 14.8. The average molecular weight is 189 g/mol. The Morgan fingerprint density at radius 2 is 2.07 bits per heavy atom. The molecule has 0 bridgehead atoms. The van der Waals surface area contributed by atoms with E-state index >= 15 is 0 Å². The molecule has 0 fully saturated rings. The highest BCUT2D eigenvalue weighted by Gasteiger charge is 2.07. The number of rotatable bonds is 6. The number of nitrogens with one attached hydrogen (secondary N) is 1. The third-order valence-electron chi connectivity index (χ3n) is 2.46. The van der Waals surface area contributed by atoms with Crippen LogP contribution in [0.15, 0.2) is 43.0 Å². The van der Waals surface area contributed by atoms with E-state index < -0.39 is 0 Å². The van der Waals surface area contributed by atoms with E-state index in [4.69, 9.17) is 0 Å². The molecule has 1 aromatic rings. The van der Waals surface area contributed by atoms with E-state index in [2.05, 4.69) is 42.2 Å². The summed E-state index contributed by atoms with van der Waals surface area (Å²) >= 11 is 0.